The van der Waals surface area contributed by atoms with E-state index < -0.39 is 6.23 Å². The quantitative estimate of drug-likeness (QED) is 0.657. The summed E-state index contributed by atoms with van der Waals surface area (Å²) in [6, 6.07) is 13.5. The summed E-state index contributed by atoms with van der Waals surface area (Å²) in [6.45, 7) is 3.37. The minimum absolute atomic E-state index is 0.108. The zero-order chi connectivity index (χ0) is 19.7. The van der Waals surface area contributed by atoms with Gasteiger partial charge in [0.1, 0.15) is 0 Å². The van der Waals surface area contributed by atoms with Gasteiger partial charge in [-0.05, 0) is 35.7 Å². The molecule has 3 N–H and O–H groups in total. The van der Waals surface area contributed by atoms with E-state index >= 15 is 0 Å². The minimum atomic E-state index is -0.932. The summed E-state index contributed by atoms with van der Waals surface area (Å²) in [6.07, 6.45) is -0.781. The lowest BCUT2D eigenvalue weighted by Gasteiger charge is -2.23. The van der Waals surface area contributed by atoms with Gasteiger partial charge >= 0.3 is 5.97 Å². The average molecular weight is 378 g/mol. The molecule has 0 amide bonds. The van der Waals surface area contributed by atoms with Crippen molar-refractivity contribution < 1.29 is 14.6 Å². The zero-order valence-corrected chi connectivity index (χ0v) is 15.6. The van der Waals surface area contributed by atoms with Crippen LogP contribution in [0, 0.1) is 0 Å². The molecule has 144 valence electrons. The Balaban J connectivity index is 1.68. The second-order valence-electron chi connectivity index (χ2n) is 6.85. The van der Waals surface area contributed by atoms with Crippen LogP contribution in [0.1, 0.15) is 35.5 Å². The highest BCUT2D eigenvalue weighted by Gasteiger charge is 2.28. The number of rotatable bonds is 5. The average Bonchev–Trinajstić information content (AvgIpc) is 3.11. The highest BCUT2D eigenvalue weighted by Crippen LogP contribution is 2.32. The number of aliphatic hydroxyl groups is 1. The van der Waals surface area contributed by atoms with E-state index in [1.54, 1.807) is 13.0 Å². The van der Waals surface area contributed by atoms with Gasteiger partial charge in [0.05, 0.1) is 24.2 Å². The smallest absolute Gasteiger partial charge is 0.310 e. The van der Waals surface area contributed by atoms with Crippen LogP contribution in [0.5, 0.6) is 0 Å². The molecule has 1 aliphatic rings. The molecule has 2 heterocycles. The summed E-state index contributed by atoms with van der Waals surface area (Å²) in [7, 11) is 0. The van der Waals surface area contributed by atoms with Crippen molar-refractivity contribution in [3.63, 3.8) is 0 Å². The number of hydrogen-bond acceptors (Lipinski definition) is 7. The molecule has 1 atom stereocenters. The van der Waals surface area contributed by atoms with Gasteiger partial charge in [0.2, 0.25) is 5.95 Å². The number of nitrogens with two attached hydrogens (primary N) is 1. The third-order valence-electron chi connectivity index (χ3n) is 4.92. The maximum Gasteiger partial charge on any atom is 0.310 e. The van der Waals surface area contributed by atoms with Crippen LogP contribution in [0.3, 0.4) is 0 Å². The molecule has 1 unspecified atom stereocenters. The van der Waals surface area contributed by atoms with Crippen molar-refractivity contribution in [3.8, 4) is 0 Å². The number of hydrogen-bond donors (Lipinski definition) is 2. The van der Waals surface area contributed by atoms with Crippen LogP contribution in [-0.2, 0) is 29.0 Å². The van der Waals surface area contributed by atoms with E-state index in [9.17, 15) is 9.90 Å². The van der Waals surface area contributed by atoms with Crippen molar-refractivity contribution in [1.29, 1.82) is 0 Å². The van der Waals surface area contributed by atoms with E-state index in [4.69, 9.17) is 10.5 Å². The van der Waals surface area contributed by atoms with Gasteiger partial charge < -0.3 is 15.6 Å². The number of nitrogen functional groups attached to an aromatic ring is 1. The van der Waals surface area contributed by atoms with Crippen LogP contribution >= 0.6 is 0 Å². The number of fused-ring (bicyclic) bond motifs is 2. The standard InChI is InChI=1S/C21H22N4O3/c1-2-28-18(26)10-13-7-8-17-16(9-13)19(24-21(22)23-17)20(27)25-11-14-5-3-4-6-15(14)12-25/h3-9,20,27H,2,10-12H2,1H3,(H2,22,23,24). The predicted octanol–water partition coefficient (Wildman–Crippen LogP) is 2.32. The Bertz CT molecular complexity index is 1010. The van der Waals surface area contributed by atoms with Crippen molar-refractivity contribution >= 4 is 22.8 Å². The Hall–Kier alpha value is -3.03. The van der Waals surface area contributed by atoms with Crippen molar-refractivity contribution in [2.45, 2.75) is 32.7 Å². The number of aliphatic hydroxyl groups excluding tert-OH is 1. The SMILES string of the molecule is CCOC(=O)Cc1ccc2nc(N)nc(C(O)N3Cc4ccccc4C3)c2c1. The topological polar surface area (TPSA) is 102 Å². The first-order valence-electron chi connectivity index (χ1n) is 9.25. The van der Waals surface area contributed by atoms with Crippen LogP contribution in [-0.4, -0.2) is 32.6 Å². The van der Waals surface area contributed by atoms with Crippen LogP contribution < -0.4 is 5.73 Å². The molecule has 3 aromatic rings. The molecule has 4 rings (SSSR count). The van der Waals surface area contributed by atoms with Gasteiger partial charge in [0.25, 0.3) is 0 Å². The predicted molar refractivity (Wildman–Crippen MR) is 105 cm³/mol. The summed E-state index contributed by atoms with van der Waals surface area (Å²) in [5, 5.41) is 11.7. The third-order valence-corrected chi connectivity index (χ3v) is 4.92. The van der Waals surface area contributed by atoms with Crippen molar-refractivity contribution in [1.82, 2.24) is 14.9 Å². The highest BCUT2D eigenvalue weighted by molar-refractivity contribution is 5.84. The molecule has 7 heteroatoms. The summed E-state index contributed by atoms with van der Waals surface area (Å²) in [5.41, 5.74) is 10.1. The second-order valence-corrected chi connectivity index (χ2v) is 6.85. The largest absolute Gasteiger partial charge is 0.466 e. The van der Waals surface area contributed by atoms with E-state index in [0.29, 0.717) is 36.3 Å². The molecule has 0 fully saturated rings. The zero-order valence-electron chi connectivity index (χ0n) is 15.6. The Morgan fingerprint density at radius 3 is 2.61 bits per heavy atom. The maximum absolute atomic E-state index is 11.8. The number of nitrogens with zero attached hydrogens (tertiary/aromatic N) is 3. The summed E-state index contributed by atoms with van der Waals surface area (Å²) in [5.74, 6) is -0.188. The van der Waals surface area contributed by atoms with E-state index in [2.05, 4.69) is 22.1 Å². The second kappa shape index (κ2) is 7.53. The number of benzene rings is 2. The summed E-state index contributed by atoms with van der Waals surface area (Å²) in [4.78, 5) is 22.3. The number of esters is 1. The molecule has 0 bridgehead atoms. The lowest BCUT2D eigenvalue weighted by atomic mass is 10.1. The van der Waals surface area contributed by atoms with Crippen molar-refractivity contribution in [2.24, 2.45) is 0 Å². The van der Waals surface area contributed by atoms with E-state index in [0.717, 1.165) is 5.56 Å². The normalized spacial score (nSPS) is 14.8. The summed E-state index contributed by atoms with van der Waals surface area (Å²) >= 11 is 0. The van der Waals surface area contributed by atoms with Gasteiger partial charge in [0, 0.05) is 18.5 Å². The molecule has 0 aliphatic carbocycles. The Kier molecular flexibility index (Phi) is 4.93. The van der Waals surface area contributed by atoms with Crippen LogP contribution in [0.25, 0.3) is 10.9 Å². The Morgan fingerprint density at radius 1 is 1.21 bits per heavy atom. The molecular formula is C21H22N4O3. The summed E-state index contributed by atoms with van der Waals surface area (Å²) < 4.78 is 5.02. The van der Waals surface area contributed by atoms with E-state index in [-0.39, 0.29) is 18.3 Å². The van der Waals surface area contributed by atoms with Gasteiger partial charge in [-0.1, -0.05) is 30.3 Å². The molecule has 1 aromatic heterocycles. The van der Waals surface area contributed by atoms with Gasteiger partial charge in [-0.15, -0.1) is 0 Å². The molecule has 0 spiro atoms. The lowest BCUT2D eigenvalue weighted by Crippen LogP contribution is -2.24. The number of carbonyl (C=O) groups is 1. The van der Waals surface area contributed by atoms with Gasteiger partial charge in [-0.25, -0.2) is 9.97 Å². The fourth-order valence-electron chi connectivity index (χ4n) is 3.61. The van der Waals surface area contributed by atoms with Crippen molar-refractivity contribution in [2.75, 3.05) is 12.3 Å². The molecular weight excluding hydrogens is 356 g/mol. The number of anilines is 1. The molecule has 28 heavy (non-hydrogen) atoms. The monoisotopic (exact) mass is 378 g/mol. The Morgan fingerprint density at radius 2 is 1.93 bits per heavy atom. The van der Waals surface area contributed by atoms with Gasteiger partial charge in [0.15, 0.2) is 6.23 Å². The maximum atomic E-state index is 11.8. The molecule has 0 radical (unpaired) electrons. The first kappa shape index (κ1) is 18.3. The molecule has 7 nitrogen and oxygen atoms in total. The number of aromatic nitrogens is 2. The van der Waals surface area contributed by atoms with Crippen LogP contribution in [0.4, 0.5) is 5.95 Å². The lowest BCUT2D eigenvalue weighted by molar-refractivity contribution is -0.142. The van der Waals surface area contributed by atoms with E-state index in [1.165, 1.54) is 11.1 Å². The van der Waals surface area contributed by atoms with Crippen molar-refractivity contribution in [3.05, 3.63) is 64.8 Å². The van der Waals surface area contributed by atoms with Gasteiger partial charge in [-0.2, -0.15) is 0 Å². The molecule has 1 aliphatic heterocycles. The third kappa shape index (κ3) is 3.54. The fraction of sp³-hybridized carbons (Fsp3) is 0.286. The number of ether oxygens (including phenoxy) is 1. The first-order chi connectivity index (χ1) is 13.5. The molecule has 2 aromatic carbocycles. The Labute approximate surface area is 162 Å². The fourth-order valence-corrected chi connectivity index (χ4v) is 3.61. The highest BCUT2D eigenvalue weighted by atomic mass is 16.5. The number of carbonyl (C=O) groups excluding carboxylic acids is 1. The van der Waals surface area contributed by atoms with Crippen LogP contribution in [0.2, 0.25) is 0 Å². The molecule has 0 saturated carbocycles. The van der Waals surface area contributed by atoms with Crippen LogP contribution in [0.15, 0.2) is 42.5 Å². The van der Waals surface area contributed by atoms with E-state index in [1.807, 2.05) is 29.2 Å². The molecule has 0 saturated heterocycles. The first-order valence-corrected chi connectivity index (χ1v) is 9.25. The minimum Gasteiger partial charge on any atom is -0.466 e. The van der Waals surface area contributed by atoms with Gasteiger partial charge in [-0.3, -0.25) is 9.69 Å².